The van der Waals surface area contributed by atoms with Crippen molar-refractivity contribution in [1.29, 1.82) is 0 Å². The van der Waals surface area contributed by atoms with Gasteiger partial charge in [-0.2, -0.15) is 0 Å². The lowest BCUT2D eigenvalue weighted by Gasteiger charge is -2.09. The van der Waals surface area contributed by atoms with Gasteiger partial charge in [0, 0.05) is 37.3 Å². The van der Waals surface area contributed by atoms with Crippen molar-refractivity contribution >= 4 is 6.47 Å². The highest BCUT2D eigenvalue weighted by Gasteiger charge is 2.06. The summed E-state index contributed by atoms with van der Waals surface area (Å²) >= 11 is 0. The molecule has 0 aromatic carbocycles. The van der Waals surface area contributed by atoms with Crippen molar-refractivity contribution in [3.63, 3.8) is 0 Å². The van der Waals surface area contributed by atoms with E-state index in [0.29, 0.717) is 5.92 Å². The Hall–Kier alpha value is -2.17. The van der Waals surface area contributed by atoms with Crippen molar-refractivity contribution in [3.05, 3.63) is 48.3 Å². The number of carboxylic acid groups (broad SMARTS) is 1. The van der Waals surface area contributed by atoms with Crippen molar-refractivity contribution < 1.29 is 9.90 Å². The minimum atomic E-state index is -0.250. The first kappa shape index (κ1) is 14.9. The molecule has 19 heavy (non-hydrogen) atoms. The van der Waals surface area contributed by atoms with Gasteiger partial charge in [0.2, 0.25) is 0 Å². The number of aromatic nitrogens is 3. The summed E-state index contributed by atoms with van der Waals surface area (Å²) in [4.78, 5) is 16.8. The molecule has 2 heterocycles. The van der Waals surface area contributed by atoms with Crippen LogP contribution in [-0.2, 0) is 17.8 Å². The van der Waals surface area contributed by atoms with Crippen LogP contribution in [0.2, 0.25) is 0 Å². The first-order valence-electron chi connectivity index (χ1n) is 6.16. The molecule has 2 aromatic heterocycles. The van der Waals surface area contributed by atoms with E-state index in [1.807, 2.05) is 18.6 Å². The summed E-state index contributed by atoms with van der Waals surface area (Å²) in [7, 11) is 0. The van der Waals surface area contributed by atoms with E-state index in [1.165, 1.54) is 5.56 Å². The quantitative estimate of drug-likeness (QED) is 0.858. The number of imidazole rings is 1. The molecular weight excluding hydrogens is 242 g/mol. The van der Waals surface area contributed by atoms with Gasteiger partial charge in [0.1, 0.15) is 5.82 Å². The molecule has 0 bridgehead atoms. The van der Waals surface area contributed by atoms with E-state index < -0.39 is 0 Å². The number of hydrogen-bond acceptors (Lipinski definition) is 3. The lowest BCUT2D eigenvalue weighted by atomic mass is 10.2. The van der Waals surface area contributed by atoms with Gasteiger partial charge in [-0.15, -0.1) is 0 Å². The van der Waals surface area contributed by atoms with Crippen molar-refractivity contribution in [2.24, 2.45) is 0 Å². The molecule has 0 aliphatic rings. The number of hydrogen-bond donors (Lipinski definition) is 1. The summed E-state index contributed by atoms with van der Waals surface area (Å²) in [6, 6.07) is 4.12. The van der Waals surface area contributed by atoms with Crippen molar-refractivity contribution in [1.82, 2.24) is 14.5 Å². The molecule has 5 nitrogen and oxygen atoms in total. The highest BCUT2D eigenvalue weighted by Crippen LogP contribution is 2.12. The average Bonchev–Trinajstić information content (AvgIpc) is 2.87. The zero-order valence-corrected chi connectivity index (χ0v) is 11.2. The number of nitrogens with zero attached hydrogens (tertiary/aromatic N) is 3. The third kappa shape index (κ3) is 4.91. The molecule has 0 atom stereocenters. The molecule has 2 rings (SSSR count). The molecule has 1 N–H and O–H groups in total. The maximum Gasteiger partial charge on any atom is 0.290 e. The Morgan fingerprint density at radius 2 is 1.95 bits per heavy atom. The minimum absolute atomic E-state index is 0.250. The van der Waals surface area contributed by atoms with Gasteiger partial charge in [-0.25, -0.2) is 4.98 Å². The molecule has 0 fully saturated rings. The van der Waals surface area contributed by atoms with Crippen LogP contribution in [-0.4, -0.2) is 26.1 Å². The minimum Gasteiger partial charge on any atom is -0.483 e. The van der Waals surface area contributed by atoms with Crippen LogP contribution in [0, 0.1) is 0 Å². The predicted molar refractivity (Wildman–Crippen MR) is 72.9 cm³/mol. The first-order chi connectivity index (χ1) is 9.19. The lowest BCUT2D eigenvalue weighted by molar-refractivity contribution is -0.122. The molecule has 0 saturated heterocycles. The second kappa shape index (κ2) is 8.02. The van der Waals surface area contributed by atoms with E-state index in [1.54, 1.807) is 0 Å². The molecule has 0 aliphatic carbocycles. The normalized spacial score (nSPS) is 9.84. The Labute approximate surface area is 112 Å². The van der Waals surface area contributed by atoms with E-state index in [0.717, 1.165) is 18.8 Å². The van der Waals surface area contributed by atoms with Crippen LogP contribution >= 0.6 is 0 Å². The zero-order valence-electron chi connectivity index (χ0n) is 11.2. The lowest BCUT2D eigenvalue weighted by Crippen LogP contribution is -2.06. The zero-order chi connectivity index (χ0) is 14.1. The van der Waals surface area contributed by atoms with E-state index >= 15 is 0 Å². The van der Waals surface area contributed by atoms with Crippen LogP contribution in [0.1, 0.15) is 31.2 Å². The molecule has 102 valence electrons. The fourth-order valence-electron chi connectivity index (χ4n) is 1.81. The van der Waals surface area contributed by atoms with E-state index in [2.05, 4.69) is 46.7 Å². The SMILES string of the molecule is CC(C)c1nccn1CCc1ccncc1.O=CO. The summed E-state index contributed by atoms with van der Waals surface area (Å²) in [5.41, 5.74) is 1.32. The molecule has 0 radical (unpaired) electrons. The van der Waals surface area contributed by atoms with Crippen LogP contribution in [0.4, 0.5) is 0 Å². The van der Waals surface area contributed by atoms with E-state index in [4.69, 9.17) is 9.90 Å². The van der Waals surface area contributed by atoms with Crippen LogP contribution in [0.25, 0.3) is 0 Å². The van der Waals surface area contributed by atoms with Gasteiger partial charge in [0.15, 0.2) is 0 Å². The first-order valence-corrected chi connectivity index (χ1v) is 6.16. The Bertz CT molecular complexity index is 480. The van der Waals surface area contributed by atoms with Gasteiger partial charge in [0.25, 0.3) is 6.47 Å². The largest absolute Gasteiger partial charge is 0.483 e. The molecule has 0 amide bonds. The van der Waals surface area contributed by atoms with Crippen LogP contribution in [0.15, 0.2) is 36.9 Å². The van der Waals surface area contributed by atoms with Crippen molar-refractivity contribution in [3.8, 4) is 0 Å². The van der Waals surface area contributed by atoms with Gasteiger partial charge < -0.3 is 9.67 Å². The highest BCUT2D eigenvalue weighted by molar-refractivity contribution is 5.32. The summed E-state index contributed by atoms with van der Waals surface area (Å²) in [6.45, 7) is 5.08. The second-order valence-electron chi connectivity index (χ2n) is 4.34. The number of pyridine rings is 1. The fraction of sp³-hybridized carbons (Fsp3) is 0.357. The third-order valence-electron chi connectivity index (χ3n) is 2.65. The Morgan fingerprint density at radius 3 is 2.53 bits per heavy atom. The molecule has 0 unspecified atom stereocenters. The average molecular weight is 261 g/mol. The Balaban J connectivity index is 0.000000550. The fourth-order valence-corrected chi connectivity index (χ4v) is 1.81. The van der Waals surface area contributed by atoms with Gasteiger partial charge >= 0.3 is 0 Å². The monoisotopic (exact) mass is 261 g/mol. The molecular formula is C14H19N3O2. The van der Waals surface area contributed by atoms with Gasteiger partial charge in [-0.3, -0.25) is 9.78 Å². The topological polar surface area (TPSA) is 68.0 Å². The summed E-state index contributed by atoms with van der Waals surface area (Å²) in [6.07, 6.45) is 8.64. The van der Waals surface area contributed by atoms with Crippen LogP contribution < -0.4 is 0 Å². The second-order valence-corrected chi connectivity index (χ2v) is 4.34. The van der Waals surface area contributed by atoms with E-state index in [-0.39, 0.29) is 6.47 Å². The smallest absolute Gasteiger partial charge is 0.290 e. The highest BCUT2D eigenvalue weighted by atomic mass is 16.3. The number of carbonyl (C=O) groups is 1. The van der Waals surface area contributed by atoms with E-state index in [9.17, 15) is 0 Å². The van der Waals surface area contributed by atoms with Gasteiger partial charge in [-0.05, 0) is 24.1 Å². The Kier molecular flexibility index (Phi) is 6.29. The van der Waals surface area contributed by atoms with Gasteiger partial charge in [0.05, 0.1) is 0 Å². The summed E-state index contributed by atoms with van der Waals surface area (Å²) in [5.74, 6) is 1.64. The van der Waals surface area contributed by atoms with Crippen molar-refractivity contribution in [2.45, 2.75) is 32.7 Å². The standard InChI is InChI=1S/C13H17N3.CH2O2/c1-11(2)13-15-8-10-16(13)9-5-12-3-6-14-7-4-12;2-1-3/h3-4,6-8,10-11H,5,9H2,1-2H3;1H,(H,2,3). The summed E-state index contributed by atoms with van der Waals surface area (Å²) in [5, 5.41) is 6.89. The third-order valence-corrected chi connectivity index (χ3v) is 2.65. The van der Waals surface area contributed by atoms with Crippen LogP contribution in [0.3, 0.4) is 0 Å². The Morgan fingerprint density at radius 1 is 1.32 bits per heavy atom. The maximum absolute atomic E-state index is 8.36. The molecule has 5 heteroatoms. The number of rotatable bonds is 4. The molecule has 0 aliphatic heterocycles. The molecule has 0 spiro atoms. The molecule has 0 saturated carbocycles. The predicted octanol–water partition coefficient (Wildman–Crippen LogP) is 2.34. The summed E-state index contributed by atoms with van der Waals surface area (Å²) < 4.78 is 2.23. The van der Waals surface area contributed by atoms with Gasteiger partial charge in [-0.1, -0.05) is 13.8 Å². The van der Waals surface area contributed by atoms with Crippen LogP contribution in [0.5, 0.6) is 0 Å². The van der Waals surface area contributed by atoms with Crippen molar-refractivity contribution in [2.75, 3.05) is 0 Å². The maximum atomic E-state index is 8.36. The number of aryl methyl sites for hydroxylation is 2. The molecule has 2 aromatic rings.